The number of likely N-dealkylation sites (tertiary alicyclic amines) is 1. The Labute approximate surface area is 164 Å². The van der Waals surface area contributed by atoms with Crippen molar-refractivity contribution in [1.82, 2.24) is 15.5 Å². The highest BCUT2D eigenvalue weighted by Crippen LogP contribution is 2.20. The highest BCUT2D eigenvalue weighted by Gasteiger charge is 2.24. The number of rotatable bonds is 12. The van der Waals surface area contributed by atoms with Crippen LogP contribution in [-0.2, 0) is 16.0 Å². The largest absolute Gasteiger partial charge is 0.382 e. The number of benzene rings is 1. The molecule has 0 saturated carbocycles. The first-order valence-electron chi connectivity index (χ1n) is 10.2. The molecule has 1 saturated heterocycles. The van der Waals surface area contributed by atoms with E-state index in [4.69, 9.17) is 14.5 Å². The molecule has 1 aliphatic heterocycles. The lowest BCUT2D eigenvalue weighted by Gasteiger charge is -2.23. The van der Waals surface area contributed by atoms with E-state index >= 15 is 0 Å². The number of aliphatic imine (C=N–C) groups is 1. The lowest BCUT2D eigenvalue weighted by Crippen LogP contribution is -2.39. The Kier molecular flexibility index (Phi) is 10.9. The zero-order valence-corrected chi connectivity index (χ0v) is 17.0. The van der Waals surface area contributed by atoms with Crippen molar-refractivity contribution >= 4 is 5.96 Å². The summed E-state index contributed by atoms with van der Waals surface area (Å²) in [6.45, 7) is 8.90. The molecule has 0 radical (unpaired) electrons. The van der Waals surface area contributed by atoms with Crippen LogP contribution in [-0.4, -0.2) is 70.0 Å². The number of hydrogen-bond donors (Lipinski definition) is 2. The third kappa shape index (κ3) is 8.73. The molecule has 1 aliphatic rings. The van der Waals surface area contributed by atoms with Gasteiger partial charge >= 0.3 is 0 Å². The number of nitrogens with zero attached hydrogens (tertiary/aromatic N) is 2. The van der Waals surface area contributed by atoms with Gasteiger partial charge in [-0.05, 0) is 38.3 Å². The molecule has 0 aliphatic carbocycles. The van der Waals surface area contributed by atoms with E-state index in [-0.39, 0.29) is 0 Å². The molecule has 1 atom stereocenters. The Morgan fingerprint density at radius 3 is 2.81 bits per heavy atom. The fourth-order valence-corrected chi connectivity index (χ4v) is 3.29. The van der Waals surface area contributed by atoms with Gasteiger partial charge in [0, 0.05) is 39.4 Å². The minimum Gasteiger partial charge on any atom is -0.382 e. The van der Waals surface area contributed by atoms with Gasteiger partial charge in [-0.3, -0.25) is 9.89 Å². The SMILES string of the molecule is CCNC(=NCC1CCCN1Cc1ccccc1)NCCCOCCOC. The third-order valence-electron chi connectivity index (χ3n) is 4.72. The van der Waals surface area contributed by atoms with Gasteiger partial charge < -0.3 is 20.1 Å². The number of hydrogen-bond acceptors (Lipinski definition) is 4. The standard InChI is InChI=1S/C21H36N4O2/c1-3-22-21(23-12-8-14-27-16-15-26-2)24-17-20-11-7-13-25(20)18-19-9-5-4-6-10-19/h4-6,9-10,20H,3,7-8,11-18H2,1-2H3,(H2,22,23,24). The molecule has 2 rings (SSSR count). The lowest BCUT2D eigenvalue weighted by molar-refractivity contribution is 0.0698. The van der Waals surface area contributed by atoms with Crippen LogP contribution in [0.2, 0.25) is 0 Å². The van der Waals surface area contributed by atoms with E-state index in [0.29, 0.717) is 19.3 Å². The molecule has 2 N–H and O–H groups in total. The van der Waals surface area contributed by atoms with Crippen LogP contribution in [0.25, 0.3) is 0 Å². The Morgan fingerprint density at radius 2 is 2.04 bits per heavy atom. The molecule has 1 unspecified atom stereocenters. The van der Waals surface area contributed by atoms with Gasteiger partial charge in [0.2, 0.25) is 0 Å². The highest BCUT2D eigenvalue weighted by atomic mass is 16.5. The molecule has 0 aromatic heterocycles. The molecule has 1 aromatic rings. The molecule has 6 heteroatoms. The first-order chi connectivity index (χ1) is 13.3. The van der Waals surface area contributed by atoms with Gasteiger partial charge in [-0.25, -0.2) is 0 Å². The predicted octanol–water partition coefficient (Wildman–Crippen LogP) is 2.26. The van der Waals surface area contributed by atoms with Crippen LogP contribution >= 0.6 is 0 Å². The van der Waals surface area contributed by atoms with Crippen molar-refractivity contribution in [3.8, 4) is 0 Å². The van der Waals surface area contributed by atoms with Crippen molar-refractivity contribution in [2.45, 2.75) is 38.8 Å². The second-order valence-corrected chi connectivity index (χ2v) is 6.86. The second-order valence-electron chi connectivity index (χ2n) is 6.86. The maximum atomic E-state index is 5.50. The molecule has 152 valence electrons. The number of ether oxygens (including phenoxy) is 2. The zero-order chi connectivity index (χ0) is 19.2. The fraction of sp³-hybridized carbons (Fsp3) is 0.667. The van der Waals surface area contributed by atoms with E-state index < -0.39 is 0 Å². The Balaban J connectivity index is 1.73. The summed E-state index contributed by atoms with van der Waals surface area (Å²) in [6, 6.07) is 11.2. The average Bonchev–Trinajstić information content (AvgIpc) is 3.13. The van der Waals surface area contributed by atoms with Gasteiger partial charge in [-0.1, -0.05) is 30.3 Å². The van der Waals surface area contributed by atoms with Crippen LogP contribution in [0.1, 0.15) is 31.7 Å². The summed E-state index contributed by atoms with van der Waals surface area (Å²) in [5, 5.41) is 6.75. The Bertz CT molecular complexity index is 524. The van der Waals surface area contributed by atoms with Crippen molar-refractivity contribution in [1.29, 1.82) is 0 Å². The number of guanidine groups is 1. The first kappa shape index (κ1) is 21.7. The van der Waals surface area contributed by atoms with E-state index in [1.165, 1.54) is 18.4 Å². The summed E-state index contributed by atoms with van der Waals surface area (Å²) in [5.74, 6) is 0.904. The van der Waals surface area contributed by atoms with E-state index in [2.05, 4.69) is 52.8 Å². The molecule has 0 spiro atoms. The summed E-state index contributed by atoms with van der Waals surface area (Å²) in [4.78, 5) is 7.39. The van der Waals surface area contributed by atoms with Gasteiger partial charge in [0.1, 0.15) is 0 Å². The van der Waals surface area contributed by atoms with Crippen molar-refractivity contribution in [2.24, 2.45) is 4.99 Å². The topological polar surface area (TPSA) is 58.1 Å². The molecule has 27 heavy (non-hydrogen) atoms. The maximum absolute atomic E-state index is 5.50. The molecular formula is C21H36N4O2. The van der Waals surface area contributed by atoms with Crippen molar-refractivity contribution in [2.75, 3.05) is 53.1 Å². The van der Waals surface area contributed by atoms with E-state index in [1.54, 1.807) is 7.11 Å². The van der Waals surface area contributed by atoms with Crippen LogP contribution in [0.4, 0.5) is 0 Å². The van der Waals surface area contributed by atoms with Gasteiger partial charge in [-0.15, -0.1) is 0 Å². The monoisotopic (exact) mass is 376 g/mol. The quantitative estimate of drug-likeness (QED) is 0.333. The first-order valence-corrected chi connectivity index (χ1v) is 10.2. The minimum absolute atomic E-state index is 0.526. The fourth-order valence-electron chi connectivity index (χ4n) is 3.29. The smallest absolute Gasteiger partial charge is 0.191 e. The highest BCUT2D eigenvalue weighted by molar-refractivity contribution is 5.79. The number of nitrogens with one attached hydrogen (secondary N) is 2. The molecular weight excluding hydrogens is 340 g/mol. The average molecular weight is 377 g/mol. The van der Waals surface area contributed by atoms with Gasteiger partial charge in [0.25, 0.3) is 0 Å². The summed E-state index contributed by atoms with van der Waals surface area (Å²) >= 11 is 0. The van der Waals surface area contributed by atoms with Crippen molar-refractivity contribution in [3.05, 3.63) is 35.9 Å². The van der Waals surface area contributed by atoms with E-state index in [0.717, 1.165) is 51.7 Å². The van der Waals surface area contributed by atoms with Crippen LogP contribution in [0.5, 0.6) is 0 Å². The van der Waals surface area contributed by atoms with Crippen LogP contribution in [0.15, 0.2) is 35.3 Å². The summed E-state index contributed by atoms with van der Waals surface area (Å²) in [7, 11) is 1.69. The van der Waals surface area contributed by atoms with Gasteiger partial charge in [-0.2, -0.15) is 0 Å². The van der Waals surface area contributed by atoms with Crippen LogP contribution < -0.4 is 10.6 Å². The van der Waals surface area contributed by atoms with E-state index in [1.807, 2.05) is 0 Å². The van der Waals surface area contributed by atoms with Crippen molar-refractivity contribution < 1.29 is 9.47 Å². The lowest BCUT2D eigenvalue weighted by atomic mass is 10.2. The molecule has 1 heterocycles. The minimum atomic E-state index is 0.526. The molecule has 6 nitrogen and oxygen atoms in total. The summed E-state index contributed by atoms with van der Waals surface area (Å²) < 4.78 is 10.5. The van der Waals surface area contributed by atoms with Crippen LogP contribution in [0, 0.1) is 0 Å². The molecule has 1 aromatic carbocycles. The Hall–Kier alpha value is -1.63. The van der Waals surface area contributed by atoms with Gasteiger partial charge in [0.15, 0.2) is 5.96 Å². The van der Waals surface area contributed by atoms with Gasteiger partial charge in [0.05, 0.1) is 19.8 Å². The predicted molar refractivity (Wildman–Crippen MR) is 111 cm³/mol. The van der Waals surface area contributed by atoms with E-state index in [9.17, 15) is 0 Å². The Morgan fingerprint density at radius 1 is 1.19 bits per heavy atom. The molecule has 0 bridgehead atoms. The summed E-state index contributed by atoms with van der Waals surface area (Å²) in [6.07, 6.45) is 3.44. The molecule has 0 amide bonds. The third-order valence-corrected chi connectivity index (χ3v) is 4.72. The second kappa shape index (κ2) is 13.5. The molecule has 1 fully saturated rings. The summed E-state index contributed by atoms with van der Waals surface area (Å²) in [5.41, 5.74) is 1.38. The maximum Gasteiger partial charge on any atom is 0.191 e. The van der Waals surface area contributed by atoms with Crippen molar-refractivity contribution in [3.63, 3.8) is 0 Å². The zero-order valence-electron chi connectivity index (χ0n) is 17.0. The normalized spacial score (nSPS) is 18.0. The van der Waals surface area contributed by atoms with Crippen LogP contribution in [0.3, 0.4) is 0 Å². The number of methoxy groups -OCH3 is 1.